The summed E-state index contributed by atoms with van der Waals surface area (Å²) >= 11 is 4.36. The summed E-state index contributed by atoms with van der Waals surface area (Å²) in [5, 5.41) is -0.570. The predicted octanol–water partition coefficient (Wildman–Crippen LogP) is 4.14. The Balaban J connectivity index is 2.11. The Morgan fingerprint density at radius 3 is 2.05 bits per heavy atom. The van der Waals surface area contributed by atoms with Gasteiger partial charge in [0.2, 0.25) is 0 Å². The topological polar surface area (TPSA) is 26.3 Å². The Bertz CT molecular complexity index is 564. The van der Waals surface area contributed by atoms with E-state index in [9.17, 15) is 4.79 Å². The SMILES string of the molecule is CC(C)(OC(=O)C(S)c1ccccc1)c1ccccc1. The van der Waals surface area contributed by atoms with Gasteiger partial charge in [-0.15, -0.1) is 0 Å². The second kappa shape index (κ2) is 6.14. The van der Waals surface area contributed by atoms with Gasteiger partial charge in [0, 0.05) is 0 Å². The molecule has 0 saturated heterocycles. The van der Waals surface area contributed by atoms with E-state index in [0.717, 1.165) is 11.1 Å². The number of hydrogen-bond donors (Lipinski definition) is 1. The third-order valence-corrected chi connectivity index (χ3v) is 3.67. The fraction of sp³-hybridized carbons (Fsp3) is 0.235. The average Bonchev–Trinajstić information content (AvgIpc) is 2.48. The quantitative estimate of drug-likeness (QED) is 0.675. The highest BCUT2D eigenvalue weighted by atomic mass is 32.1. The molecule has 20 heavy (non-hydrogen) atoms. The average molecular weight is 286 g/mol. The first kappa shape index (κ1) is 14.7. The molecule has 2 aromatic carbocycles. The van der Waals surface area contributed by atoms with Crippen molar-refractivity contribution in [3.05, 3.63) is 71.8 Å². The first-order valence-corrected chi connectivity index (χ1v) is 7.04. The summed E-state index contributed by atoms with van der Waals surface area (Å²) in [6.45, 7) is 3.76. The van der Waals surface area contributed by atoms with Gasteiger partial charge >= 0.3 is 5.97 Å². The van der Waals surface area contributed by atoms with Gasteiger partial charge in [-0.2, -0.15) is 12.6 Å². The molecule has 0 fully saturated rings. The highest BCUT2D eigenvalue weighted by Crippen LogP contribution is 2.29. The standard InChI is InChI=1S/C17H18O2S/c1-17(2,14-11-7-4-8-12-14)19-16(18)15(20)13-9-5-3-6-10-13/h3-12,15,20H,1-2H3. The molecule has 2 rings (SSSR count). The Hall–Kier alpha value is -1.74. The zero-order chi connectivity index (χ0) is 14.6. The number of carbonyl (C=O) groups excluding carboxylic acids is 1. The molecular weight excluding hydrogens is 268 g/mol. The molecule has 0 aliphatic carbocycles. The molecular formula is C17H18O2S. The van der Waals surface area contributed by atoms with Crippen molar-refractivity contribution in [2.24, 2.45) is 0 Å². The third-order valence-electron chi connectivity index (χ3n) is 3.16. The highest BCUT2D eigenvalue weighted by molar-refractivity contribution is 7.81. The van der Waals surface area contributed by atoms with Gasteiger partial charge in [-0.1, -0.05) is 60.7 Å². The number of hydrogen-bond acceptors (Lipinski definition) is 3. The van der Waals surface area contributed by atoms with Crippen LogP contribution in [0.2, 0.25) is 0 Å². The molecule has 0 radical (unpaired) electrons. The maximum atomic E-state index is 12.2. The van der Waals surface area contributed by atoms with E-state index in [4.69, 9.17) is 4.74 Å². The van der Waals surface area contributed by atoms with Gasteiger partial charge in [-0.3, -0.25) is 4.79 Å². The fourth-order valence-corrected chi connectivity index (χ4v) is 2.20. The number of benzene rings is 2. The molecule has 104 valence electrons. The zero-order valence-corrected chi connectivity index (χ0v) is 12.5. The fourth-order valence-electron chi connectivity index (χ4n) is 1.98. The van der Waals surface area contributed by atoms with E-state index in [0.29, 0.717) is 0 Å². The van der Waals surface area contributed by atoms with Crippen LogP contribution in [0, 0.1) is 0 Å². The Kier molecular flexibility index (Phi) is 4.50. The first-order valence-electron chi connectivity index (χ1n) is 6.52. The predicted molar refractivity (Wildman–Crippen MR) is 83.7 cm³/mol. The van der Waals surface area contributed by atoms with E-state index in [1.54, 1.807) is 0 Å². The maximum Gasteiger partial charge on any atom is 0.324 e. The lowest BCUT2D eigenvalue weighted by Crippen LogP contribution is -2.27. The monoisotopic (exact) mass is 286 g/mol. The van der Waals surface area contributed by atoms with Gasteiger partial charge in [-0.25, -0.2) is 0 Å². The van der Waals surface area contributed by atoms with Crippen molar-refractivity contribution in [2.75, 3.05) is 0 Å². The molecule has 0 bridgehead atoms. The molecule has 1 atom stereocenters. The van der Waals surface area contributed by atoms with Crippen LogP contribution in [0.4, 0.5) is 0 Å². The van der Waals surface area contributed by atoms with Crippen molar-refractivity contribution in [3.8, 4) is 0 Å². The van der Waals surface area contributed by atoms with Crippen LogP contribution in [-0.4, -0.2) is 5.97 Å². The van der Waals surface area contributed by atoms with Crippen LogP contribution in [0.3, 0.4) is 0 Å². The molecule has 0 amide bonds. The first-order chi connectivity index (χ1) is 9.50. The summed E-state index contributed by atoms with van der Waals surface area (Å²) in [4.78, 5) is 12.2. The number of ether oxygens (including phenoxy) is 1. The largest absolute Gasteiger partial charge is 0.454 e. The molecule has 0 aliphatic rings. The third kappa shape index (κ3) is 3.42. The molecule has 2 aromatic rings. The van der Waals surface area contributed by atoms with Gasteiger partial charge in [-0.05, 0) is 25.0 Å². The van der Waals surface area contributed by atoms with Crippen molar-refractivity contribution >= 4 is 18.6 Å². The molecule has 0 N–H and O–H groups in total. The summed E-state index contributed by atoms with van der Waals surface area (Å²) in [5.41, 5.74) is 1.13. The maximum absolute atomic E-state index is 12.2. The van der Waals surface area contributed by atoms with Crippen LogP contribution in [0.25, 0.3) is 0 Å². The number of esters is 1. The Labute approximate surface area is 125 Å². The molecule has 0 saturated carbocycles. The smallest absolute Gasteiger partial charge is 0.324 e. The number of thiol groups is 1. The van der Waals surface area contributed by atoms with Gasteiger partial charge in [0.25, 0.3) is 0 Å². The van der Waals surface area contributed by atoms with Crippen LogP contribution >= 0.6 is 12.6 Å². The minimum Gasteiger partial charge on any atom is -0.454 e. The molecule has 0 heterocycles. The normalized spacial score (nSPS) is 12.8. The van der Waals surface area contributed by atoms with E-state index >= 15 is 0 Å². The van der Waals surface area contributed by atoms with Crippen LogP contribution in [0.15, 0.2) is 60.7 Å². The number of rotatable bonds is 4. The Morgan fingerprint density at radius 1 is 1.00 bits per heavy atom. The molecule has 0 aliphatic heterocycles. The lowest BCUT2D eigenvalue weighted by molar-refractivity contribution is -0.156. The van der Waals surface area contributed by atoms with Crippen LogP contribution in [0.5, 0.6) is 0 Å². The molecule has 1 unspecified atom stereocenters. The lowest BCUT2D eigenvalue weighted by atomic mass is 9.98. The van der Waals surface area contributed by atoms with Crippen LogP contribution in [0.1, 0.15) is 30.2 Å². The summed E-state index contributed by atoms with van der Waals surface area (Å²) in [5.74, 6) is -0.339. The van der Waals surface area contributed by atoms with Crippen LogP contribution in [-0.2, 0) is 15.1 Å². The van der Waals surface area contributed by atoms with E-state index in [1.807, 2.05) is 74.5 Å². The summed E-state index contributed by atoms with van der Waals surface area (Å²) in [7, 11) is 0. The van der Waals surface area contributed by atoms with Crippen molar-refractivity contribution in [1.29, 1.82) is 0 Å². The number of carbonyl (C=O) groups is 1. The van der Waals surface area contributed by atoms with Crippen molar-refractivity contribution in [1.82, 2.24) is 0 Å². The van der Waals surface area contributed by atoms with E-state index in [-0.39, 0.29) is 5.97 Å². The molecule has 3 heteroatoms. The van der Waals surface area contributed by atoms with Crippen molar-refractivity contribution < 1.29 is 9.53 Å². The van der Waals surface area contributed by atoms with E-state index in [2.05, 4.69) is 12.6 Å². The van der Waals surface area contributed by atoms with E-state index < -0.39 is 10.9 Å². The van der Waals surface area contributed by atoms with Gasteiger partial charge in [0.1, 0.15) is 10.9 Å². The summed E-state index contributed by atoms with van der Waals surface area (Å²) in [6.07, 6.45) is 0. The Morgan fingerprint density at radius 2 is 1.50 bits per heavy atom. The van der Waals surface area contributed by atoms with Gasteiger partial charge in [0.15, 0.2) is 0 Å². The van der Waals surface area contributed by atoms with E-state index in [1.165, 1.54) is 0 Å². The second-order valence-corrected chi connectivity index (χ2v) is 5.63. The minimum atomic E-state index is -0.673. The lowest BCUT2D eigenvalue weighted by Gasteiger charge is -2.27. The van der Waals surface area contributed by atoms with Crippen molar-refractivity contribution in [2.45, 2.75) is 24.7 Å². The van der Waals surface area contributed by atoms with Crippen LogP contribution < -0.4 is 0 Å². The van der Waals surface area contributed by atoms with Gasteiger partial charge < -0.3 is 4.74 Å². The summed E-state index contributed by atoms with van der Waals surface area (Å²) < 4.78 is 5.62. The molecule has 0 spiro atoms. The zero-order valence-electron chi connectivity index (χ0n) is 11.6. The summed E-state index contributed by atoms with van der Waals surface area (Å²) in [6, 6.07) is 19.1. The second-order valence-electron chi connectivity index (χ2n) is 5.11. The minimum absolute atomic E-state index is 0.339. The highest BCUT2D eigenvalue weighted by Gasteiger charge is 2.28. The molecule has 0 aromatic heterocycles. The van der Waals surface area contributed by atoms with Gasteiger partial charge in [0.05, 0.1) is 0 Å². The van der Waals surface area contributed by atoms with Crippen molar-refractivity contribution in [3.63, 3.8) is 0 Å². The molecule has 2 nitrogen and oxygen atoms in total.